The number of fused-ring (bicyclic) bond motifs is 1. The van der Waals surface area contributed by atoms with Gasteiger partial charge in [-0.1, -0.05) is 50.3 Å². The van der Waals surface area contributed by atoms with E-state index in [4.69, 9.17) is 9.47 Å². The maximum Gasteiger partial charge on any atom is 0.267 e. The number of carbonyl (C=O) groups is 2. The van der Waals surface area contributed by atoms with E-state index in [-0.39, 0.29) is 11.8 Å². The van der Waals surface area contributed by atoms with Crippen molar-refractivity contribution in [3.63, 3.8) is 0 Å². The van der Waals surface area contributed by atoms with Crippen LogP contribution in [0.1, 0.15) is 58.3 Å². The molecule has 1 atom stereocenters. The lowest BCUT2D eigenvalue weighted by Gasteiger charge is -2.33. The van der Waals surface area contributed by atoms with E-state index in [9.17, 15) is 9.59 Å². The van der Waals surface area contributed by atoms with Crippen LogP contribution in [0.5, 0.6) is 11.5 Å². The maximum atomic E-state index is 12.8. The molecule has 33 heavy (non-hydrogen) atoms. The van der Waals surface area contributed by atoms with Gasteiger partial charge in [-0.05, 0) is 56.0 Å². The van der Waals surface area contributed by atoms with Crippen molar-refractivity contribution in [1.29, 1.82) is 0 Å². The second-order valence-electron chi connectivity index (χ2n) is 9.04. The average molecular weight is 451 g/mol. The Bertz CT molecular complexity index is 940. The molecule has 176 valence electrons. The summed E-state index contributed by atoms with van der Waals surface area (Å²) in [5.74, 6) is 2.10. The van der Waals surface area contributed by atoms with E-state index in [0.717, 1.165) is 12.2 Å². The zero-order valence-electron chi connectivity index (χ0n) is 19.4. The Balaban J connectivity index is 1.35. The van der Waals surface area contributed by atoms with Crippen molar-refractivity contribution < 1.29 is 19.1 Å². The van der Waals surface area contributed by atoms with Crippen molar-refractivity contribution in [2.24, 2.45) is 5.92 Å². The van der Waals surface area contributed by atoms with Crippen molar-refractivity contribution in [2.45, 2.75) is 64.4 Å². The first kappa shape index (κ1) is 23.1. The third-order valence-corrected chi connectivity index (χ3v) is 6.49. The summed E-state index contributed by atoms with van der Waals surface area (Å²) in [6.45, 7) is 2.79. The summed E-state index contributed by atoms with van der Waals surface area (Å²) < 4.78 is 11.6. The molecule has 6 heteroatoms. The highest BCUT2D eigenvalue weighted by atomic mass is 16.5. The Morgan fingerprint density at radius 2 is 1.91 bits per heavy atom. The van der Waals surface area contributed by atoms with E-state index >= 15 is 0 Å². The number of anilines is 2. The third-order valence-electron chi connectivity index (χ3n) is 6.49. The van der Waals surface area contributed by atoms with Crippen LogP contribution < -0.4 is 19.7 Å². The standard InChI is InChI=1S/C27H34N2O4/c1-20-27(31)29(17-8-18-32-23-11-6-3-7-12-23)24-19-22(14-15-25(24)33-20)28-26(30)16-13-21-9-4-2-5-10-21/h3,6-7,11-12,14-15,19-21H,2,4-5,8-10,13,16-18H2,1H3,(H,28,30). The van der Waals surface area contributed by atoms with Crippen LogP contribution in [0.15, 0.2) is 48.5 Å². The summed E-state index contributed by atoms with van der Waals surface area (Å²) in [6.07, 6.45) is 8.02. The van der Waals surface area contributed by atoms with Gasteiger partial charge in [0.1, 0.15) is 11.5 Å². The Morgan fingerprint density at radius 3 is 2.70 bits per heavy atom. The number of ether oxygens (including phenoxy) is 2. The monoisotopic (exact) mass is 450 g/mol. The lowest BCUT2D eigenvalue weighted by molar-refractivity contribution is -0.125. The molecule has 2 amide bonds. The van der Waals surface area contributed by atoms with Gasteiger partial charge in [0.05, 0.1) is 12.3 Å². The SMILES string of the molecule is CC1Oc2ccc(NC(=O)CCC3CCCCC3)cc2N(CCCOc2ccccc2)C1=O. The van der Waals surface area contributed by atoms with Crippen LogP contribution >= 0.6 is 0 Å². The minimum absolute atomic E-state index is 0.0276. The van der Waals surface area contributed by atoms with Crippen LogP contribution in [-0.4, -0.2) is 31.1 Å². The predicted molar refractivity (Wildman–Crippen MR) is 130 cm³/mol. The number of nitrogens with one attached hydrogen (secondary N) is 1. The van der Waals surface area contributed by atoms with Crippen molar-refractivity contribution >= 4 is 23.2 Å². The lowest BCUT2D eigenvalue weighted by Crippen LogP contribution is -2.45. The van der Waals surface area contributed by atoms with Gasteiger partial charge in [0.15, 0.2) is 6.10 Å². The summed E-state index contributed by atoms with van der Waals surface area (Å²) in [6, 6.07) is 15.2. The van der Waals surface area contributed by atoms with E-state index in [1.807, 2.05) is 48.5 Å². The lowest BCUT2D eigenvalue weighted by atomic mass is 9.86. The molecular formula is C27H34N2O4. The summed E-state index contributed by atoms with van der Waals surface area (Å²) >= 11 is 0. The fourth-order valence-electron chi connectivity index (χ4n) is 4.68. The summed E-state index contributed by atoms with van der Waals surface area (Å²) in [5.41, 5.74) is 1.39. The van der Waals surface area contributed by atoms with Crippen LogP contribution in [0.25, 0.3) is 0 Å². The molecule has 0 saturated heterocycles. The smallest absolute Gasteiger partial charge is 0.267 e. The van der Waals surface area contributed by atoms with Crippen molar-refractivity contribution in [3.8, 4) is 11.5 Å². The second-order valence-corrected chi connectivity index (χ2v) is 9.04. The predicted octanol–water partition coefficient (Wildman–Crippen LogP) is 5.57. The first-order valence-electron chi connectivity index (χ1n) is 12.2. The van der Waals surface area contributed by atoms with Gasteiger partial charge in [0, 0.05) is 18.7 Å². The largest absolute Gasteiger partial charge is 0.494 e. The van der Waals surface area contributed by atoms with Crippen LogP contribution in [-0.2, 0) is 9.59 Å². The van der Waals surface area contributed by atoms with Crippen molar-refractivity contribution in [1.82, 2.24) is 0 Å². The quantitative estimate of drug-likeness (QED) is 0.507. The highest BCUT2D eigenvalue weighted by Crippen LogP contribution is 2.36. The molecule has 1 N–H and O–H groups in total. The molecule has 1 heterocycles. The summed E-state index contributed by atoms with van der Waals surface area (Å²) in [4.78, 5) is 27.1. The second kappa shape index (κ2) is 11.2. The molecule has 2 aromatic rings. The molecule has 1 aliphatic heterocycles. The highest BCUT2D eigenvalue weighted by Gasteiger charge is 2.31. The molecule has 1 saturated carbocycles. The van der Waals surface area contributed by atoms with Gasteiger partial charge >= 0.3 is 0 Å². The van der Waals surface area contributed by atoms with E-state index in [1.165, 1.54) is 32.1 Å². The van der Waals surface area contributed by atoms with Gasteiger partial charge in [-0.3, -0.25) is 9.59 Å². The first-order chi connectivity index (χ1) is 16.1. The van der Waals surface area contributed by atoms with Crippen molar-refractivity contribution in [3.05, 3.63) is 48.5 Å². The minimum atomic E-state index is -0.538. The van der Waals surface area contributed by atoms with E-state index in [0.29, 0.717) is 49.0 Å². The van der Waals surface area contributed by atoms with Gasteiger partial charge in [-0.15, -0.1) is 0 Å². The molecule has 4 rings (SSSR count). The fraction of sp³-hybridized carbons (Fsp3) is 0.481. The average Bonchev–Trinajstić information content (AvgIpc) is 2.84. The molecule has 1 unspecified atom stereocenters. The summed E-state index contributed by atoms with van der Waals surface area (Å²) in [5, 5.41) is 3.01. The fourth-order valence-corrected chi connectivity index (χ4v) is 4.68. The van der Waals surface area contributed by atoms with Crippen LogP contribution in [0, 0.1) is 5.92 Å². The zero-order valence-corrected chi connectivity index (χ0v) is 19.4. The highest BCUT2D eigenvalue weighted by molar-refractivity contribution is 6.01. The van der Waals surface area contributed by atoms with Crippen molar-refractivity contribution in [2.75, 3.05) is 23.4 Å². The molecule has 1 fully saturated rings. The van der Waals surface area contributed by atoms with Gasteiger partial charge < -0.3 is 19.7 Å². The maximum absolute atomic E-state index is 12.8. The van der Waals surface area contributed by atoms with Crippen LogP contribution in [0.4, 0.5) is 11.4 Å². The number of nitrogens with zero attached hydrogens (tertiary/aromatic N) is 1. The van der Waals surface area contributed by atoms with E-state index in [1.54, 1.807) is 11.8 Å². The minimum Gasteiger partial charge on any atom is -0.494 e. The number of rotatable bonds is 9. The molecule has 0 aromatic heterocycles. The third kappa shape index (κ3) is 6.28. The number of benzene rings is 2. The Kier molecular flexibility index (Phi) is 7.87. The van der Waals surface area contributed by atoms with Gasteiger partial charge in [-0.25, -0.2) is 0 Å². The van der Waals surface area contributed by atoms with E-state index in [2.05, 4.69) is 5.32 Å². The Morgan fingerprint density at radius 1 is 1.12 bits per heavy atom. The number of carbonyl (C=O) groups excluding carboxylic acids is 2. The first-order valence-corrected chi connectivity index (χ1v) is 12.2. The topological polar surface area (TPSA) is 67.9 Å². The molecule has 0 bridgehead atoms. The van der Waals surface area contributed by atoms with E-state index < -0.39 is 6.10 Å². The number of para-hydroxylation sites is 1. The molecule has 0 spiro atoms. The number of hydrogen-bond donors (Lipinski definition) is 1. The van der Waals surface area contributed by atoms with Crippen LogP contribution in [0.3, 0.4) is 0 Å². The zero-order chi connectivity index (χ0) is 23.0. The molecular weight excluding hydrogens is 416 g/mol. The van der Waals surface area contributed by atoms with Gasteiger partial charge in [-0.2, -0.15) is 0 Å². The molecule has 2 aromatic carbocycles. The Hall–Kier alpha value is -3.02. The number of hydrogen-bond acceptors (Lipinski definition) is 4. The molecule has 2 aliphatic rings. The molecule has 0 radical (unpaired) electrons. The summed E-state index contributed by atoms with van der Waals surface area (Å²) in [7, 11) is 0. The normalized spacial score (nSPS) is 18.4. The van der Waals surface area contributed by atoms with Gasteiger partial charge in [0.25, 0.3) is 5.91 Å². The molecule has 6 nitrogen and oxygen atoms in total. The molecule has 1 aliphatic carbocycles. The number of amides is 2. The van der Waals surface area contributed by atoms with Gasteiger partial charge in [0.2, 0.25) is 5.91 Å². The Labute approximate surface area is 196 Å². The van der Waals surface area contributed by atoms with Crippen LogP contribution in [0.2, 0.25) is 0 Å².